The van der Waals surface area contributed by atoms with Gasteiger partial charge in [-0.3, -0.25) is 0 Å². The van der Waals surface area contributed by atoms with Gasteiger partial charge in [-0.2, -0.15) is 5.26 Å². The first-order chi connectivity index (χ1) is 6.83. The van der Waals surface area contributed by atoms with E-state index in [1.54, 1.807) is 6.07 Å². The number of anilines is 1. The first kappa shape index (κ1) is 8.83. The molecule has 0 saturated carbocycles. The molecule has 0 heterocycles. The van der Waals surface area contributed by atoms with Gasteiger partial charge in [0.25, 0.3) is 0 Å². The Kier molecular flexibility index (Phi) is 2.24. The second-order valence-electron chi connectivity index (χ2n) is 3.50. The lowest BCUT2D eigenvalue weighted by Gasteiger charge is -2.06. The van der Waals surface area contributed by atoms with Crippen LogP contribution in [0.5, 0.6) is 0 Å². The molecule has 0 amide bonds. The van der Waals surface area contributed by atoms with Crippen molar-refractivity contribution in [2.24, 2.45) is 0 Å². The van der Waals surface area contributed by atoms with Crippen LogP contribution in [0.3, 0.4) is 0 Å². The molecule has 0 fully saturated rings. The summed E-state index contributed by atoms with van der Waals surface area (Å²) in [4.78, 5) is 0. The Labute approximate surface area is 83.7 Å². The van der Waals surface area contributed by atoms with Gasteiger partial charge in [-0.15, -0.1) is 0 Å². The van der Waals surface area contributed by atoms with E-state index >= 15 is 0 Å². The van der Waals surface area contributed by atoms with Gasteiger partial charge in [0.2, 0.25) is 0 Å². The molecule has 0 spiro atoms. The van der Waals surface area contributed by atoms with Crippen molar-refractivity contribution < 1.29 is 0 Å². The molecule has 70 valence electrons. The normalized spacial score (nSPS) is 14.9. The largest absolute Gasteiger partial charge is 0.398 e. The van der Waals surface area contributed by atoms with Crippen molar-refractivity contribution in [1.82, 2.24) is 0 Å². The van der Waals surface area contributed by atoms with Crippen LogP contribution in [0.15, 0.2) is 24.3 Å². The van der Waals surface area contributed by atoms with Gasteiger partial charge in [0.15, 0.2) is 0 Å². The smallest absolute Gasteiger partial charge is 0.102 e. The summed E-state index contributed by atoms with van der Waals surface area (Å²) in [6.45, 7) is 0. The zero-order valence-corrected chi connectivity index (χ0v) is 7.96. The molecule has 2 heteroatoms. The molecule has 1 aromatic rings. The van der Waals surface area contributed by atoms with Crippen molar-refractivity contribution in [3.05, 3.63) is 35.4 Å². The lowest BCUT2D eigenvalue weighted by atomic mass is 9.99. The zero-order chi connectivity index (χ0) is 9.97. The molecular weight excluding hydrogens is 172 g/mol. The van der Waals surface area contributed by atoms with E-state index in [1.807, 2.05) is 12.1 Å². The number of nitrogens with two attached hydrogens (primary N) is 1. The van der Waals surface area contributed by atoms with Crippen molar-refractivity contribution >= 4 is 11.3 Å². The third kappa shape index (κ3) is 1.38. The highest BCUT2D eigenvalue weighted by molar-refractivity contribution is 5.76. The highest BCUT2D eigenvalue weighted by atomic mass is 14.6. The van der Waals surface area contributed by atoms with E-state index in [-0.39, 0.29) is 0 Å². The molecule has 0 bridgehead atoms. The van der Waals surface area contributed by atoms with Crippen molar-refractivity contribution in [2.45, 2.75) is 19.3 Å². The highest BCUT2D eigenvalue weighted by Gasteiger charge is 2.12. The average molecular weight is 184 g/mol. The minimum absolute atomic E-state index is 0.581. The van der Waals surface area contributed by atoms with E-state index in [1.165, 1.54) is 12.0 Å². The fraction of sp³-hybridized carbons (Fsp3) is 0.250. The van der Waals surface area contributed by atoms with Crippen LogP contribution in [0.1, 0.15) is 30.4 Å². The van der Waals surface area contributed by atoms with Gasteiger partial charge < -0.3 is 5.73 Å². The van der Waals surface area contributed by atoms with Crippen LogP contribution in [0.2, 0.25) is 0 Å². The third-order valence-electron chi connectivity index (χ3n) is 2.60. The minimum atomic E-state index is 0.581. The van der Waals surface area contributed by atoms with E-state index in [9.17, 15) is 0 Å². The van der Waals surface area contributed by atoms with E-state index < -0.39 is 0 Å². The van der Waals surface area contributed by atoms with Crippen molar-refractivity contribution in [1.29, 1.82) is 5.26 Å². The molecule has 1 aliphatic carbocycles. The lowest BCUT2D eigenvalue weighted by molar-refractivity contribution is 0.935. The molecule has 0 atom stereocenters. The number of rotatable bonds is 1. The molecule has 0 aliphatic heterocycles. The maximum Gasteiger partial charge on any atom is 0.102 e. The van der Waals surface area contributed by atoms with Crippen LogP contribution < -0.4 is 5.73 Å². The van der Waals surface area contributed by atoms with Gasteiger partial charge >= 0.3 is 0 Å². The standard InChI is InChI=1S/C12H12N2/c13-8-11-10(6-3-7-12(11)14)9-4-1-2-5-9/h3-4,6-7H,1-2,5,14H2. The van der Waals surface area contributed by atoms with Crippen molar-refractivity contribution in [3.63, 3.8) is 0 Å². The third-order valence-corrected chi connectivity index (χ3v) is 2.60. The number of allylic oxidation sites excluding steroid dienone is 2. The molecule has 2 rings (SSSR count). The van der Waals surface area contributed by atoms with Gasteiger partial charge in [-0.25, -0.2) is 0 Å². The number of nitrogen functional groups attached to an aromatic ring is 1. The topological polar surface area (TPSA) is 49.8 Å². The van der Waals surface area contributed by atoms with Gasteiger partial charge in [0.1, 0.15) is 6.07 Å². The average Bonchev–Trinajstić information content (AvgIpc) is 2.70. The molecule has 2 nitrogen and oxygen atoms in total. The summed E-state index contributed by atoms with van der Waals surface area (Å²) in [5.41, 5.74) is 9.25. The van der Waals surface area contributed by atoms with Gasteiger partial charge in [-0.05, 0) is 36.5 Å². The Morgan fingerprint density at radius 2 is 2.21 bits per heavy atom. The van der Waals surface area contributed by atoms with Crippen LogP contribution in [0, 0.1) is 11.3 Å². The molecule has 1 aliphatic rings. The van der Waals surface area contributed by atoms with Crippen LogP contribution in [-0.2, 0) is 0 Å². The SMILES string of the molecule is N#Cc1c(N)cccc1C1=CCCC1. The van der Waals surface area contributed by atoms with E-state index in [0.29, 0.717) is 11.3 Å². The second-order valence-corrected chi connectivity index (χ2v) is 3.50. The lowest BCUT2D eigenvalue weighted by Crippen LogP contribution is -1.94. The van der Waals surface area contributed by atoms with Crippen molar-refractivity contribution in [3.8, 4) is 6.07 Å². The quantitative estimate of drug-likeness (QED) is 0.682. The summed E-state index contributed by atoms with van der Waals surface area (Å²) in [5.74, 6) is 0. The maximum atomic E-state index is 9.00. The second kappa shape index (κ2) is 3.55. The maximum absolute atomic E-state index is 9.00. The molecule has 0 aromatic heterocycles. The first-order valence-corrected chi connectivity index (χ1v) is 4.81. The zero-order valence-electron chi connectivity index (χ0n) is 7.96. The number of nitrogens with zero attached hydrogens (tertiary/aromatic N) is 1. The Morgan fingerprint density at radius 1 is 1.36 bits per heavy atom. The molecule has 0 unspecified atom stereocenters. The van der Waals surface area contributed by atoms with Crippen LogP contribution in [-0.4, -0.2) is 0 Å². The minimum Gasteiger partial charge on any atom is -0.398 e. The summed E-state index contributed by atoms with van der Waals surface area (Å²) in [5, 5.41) is 9.00. The fourth-order valence-corrected chi connectivity index (χ4v) is 1.88. The number of hydrogen-bond acceptors (Lipinski definition) is 2. The molecule has 14 heavy (non-hydrogen) atoms. The van der Waals surface area contributed by atoms with Crippen LogP contribution in [0.25, 0.3) is 5.57 Å². The summed E-state index contributed by atoms with van der Waals surface area (Å²) in [6, 6.07) is 7.84. The Morgan fingerprint density at radius 3 is 2.86 bits per heavy atom. The summed E-state index contributed by atoms with van der Waals surface area (Å²) in [7, 11) is 0. The predicted molar refractivity (Wildman–Crippen MR) is 57.4 cm³/mol. The molecule has 0 radical (unpaired) electrons. The first-order valence-electron chi connectivity index (χ1n) is 4.81. The van der Waals surface area contributed by atoms with Crippen LogP contribution >= 0.6 is 0 Å². The van der Waals surface area contributed by atoms with E-state index in [0.717, 1.165) is 18.4 Å². The van der Waals surface area contributed by atoms with Crippen molar-refractivity contribution in [2.75, 3.05) is 5.73 Å². The molecule has 2 N–H and O–H groups in total. The Bertz CT molecular complexity index is 424. The van der Waals surface area contributed by atoms with Gasteiger partial charge in [0, 0.05) is 0 Å². The van der Waals surface area contributed by atoms with Gasteiger partial charge in [0.05, 0.1) is 11.3 Å². The van der Waals surface area contributed by atoms with E-state index in [4.69, 9.17) is 11.0 Å². The number of nitriles is 1. The molecule has 0 saturated heterocycles. The van der Waals surface area contributed by atoms with E-state index in [2.05, 4.69) is 12.1 Å². The summed E-state index contributed by atoms with van der Waals surface area (Å²) < 4.78 is 0. The summed E-state index contributed by atoms with van der Waals surface area (Å²) >= 11 is 0. The fourth-order valence-electron chi connectivity index (χ4n) is 1.88. The monoisotopic (exact) mass is 184 g/mol. The summed E-state index contributed by atoms with van der Waals surface area (Å²) in [6.07, 6.45) is 5.58. The van der Waals surface area contributed by atoms with Gasteiger partial charge in [-0.1, -0.05) is 18.2 Å². The number of benzene rings is 1. The Hall–Kier alpha value is -1.75. The highest BCUT2D eigenvalue weighted by Crippen LogP contribution is 2.31. The molecular formula is C12H12N2. The van der Waals surface area contributed by atoms with Crippen LogP contribution in [0.4, 0.5) is 5.69 Å². The Balaban J connectivity index is 2.53. The molecule has 1 aromatic carbocycles. The number of hydrogen-bond donors (Lipinski definition) is 1. The predicted octanol–water partition coefficient (Wildman–Crippen LogP) is 2.71.